The molecule has 262 valence electrons. The lowest BCUT2D eigenvalue weighted by atomic mass is 9.89. The molecule has 2 nitrogen and oxygen atoms in total. The van der Waals surface area contributed by atoms with E-state index in [2.05, 4.69) is 217 Å². The van der Waals surface area contributed by atoms with Crippen molar-refractivity contribution in [1.82, 2.24) is 0 Å². The van der Waals surface area contributed by atoms with Crippen molar-refractivity contribution >= 4 is 71.3 Å². The van der Waals surface area contributed by atoms with E-state index in [0.717, 1.165) is 44.6 Å². The van der Waals surface area contributed by atoms with Crippen LogP contribution >= 0.6 is 0 Å². The molecule has 0 aliphatic rings. The monoisotopic (exact) mass is 713 g/mol. The first-order chi connectivity index (χ1) is 27.8. The van der Waals surface area contributed by atoms with Crippen molar-refractivity contribution in [3.8, 4) is 33.4 Å². The van der Waals surface area contributed by atoms with Crippen molar-refractivity contribution in [1.29, 1.82) is 0 Å². The summed E-state index contributed by atoms with van der Waals surface area (Å²) in [4.78, 5) is 2.42. The lowest BCUT2D eigenvalue weighted by Gasteiger charge is -2.29. The van der Waals surface area contributed by atoms with Crippen molar-refractivity contribution in [2.24, 2.45) is 0 Å². The summed E-state index contributed by atoms with van der Waals surface area (Å²) >= 11 is 0. The minimum absolute atomic E-state index is 0.869. The quantitative estimate of drug-likeness (QED) is 0.160. The number of hydrogen-bond acceptors (Lipinski definition) is 2. The van der Waals surface area contributed by atoms with E-state index in [0.29, 0.717) is 0 Å². The highest BCUT2D eigenvalue weighted by Crippen LogP contribution is 2.50. The molecule has 0 saturated carbocycles. The molecule has 0 fully saturated rings. The van der Waals surface area contributed by atoms with Gasteiger partial charge in [-0.3, -0.25) is 0 Å². The van der Waals surface area contributed by atoms with Crippen molar-refractivity contribution in [3.63, 3.8) is 0 Å². The summed E-state index contributed by atoms with van der Waals surface area (Å²) in [7, 11) is 0. The maximum atomic E-state index is 6.60. The van der Waals surface area contributed by atoms with E-state index >= 15 is 0 Å². The van der Waals surface area contributed by atoms with Crippen LogP contribution < -0.4 is 4.90 Å². The third-order valence-electron chi connectivity index (χ3n) is 11.2. The number of rotatable bonds is 6. The number of anilines is 3. The fourth-order valence-corrected chi connectivity index (χ4v) is 8.56. The van der Waals surface area contributed by atoms with Gasteiger partial charge in [-0.1, -0.05) is 158 Å². The van der Waals surface area contributed by atoms with Crippen LogP contribution in [0.3, 0.4) is 0 Å². The fourth-order valence-electron chi connectivity index (χ4n) is 8.56. The van der Waals surface area contributed by atoms with E-state index in [1.54, 1.807) is 0 Å². The van der Waals surface area contributed by atoms with Gasteiger partial charge in [0.1, 0.15) is 11.2 Å². The molecule has 0 radical (unpaired) electrons. The second-order valence-electron chi connectivity index (χ2n) is 14.5. The first kappa shape index (κ1) is 32.0. The van der Waals surface area contributed by atoms with E-state index < -0.39 is 0 Å². The summed E-state index contributed by atoms with van der Waals surface area (Å²) in [5.74, 6) is 0. The normalized spacial score (nSPS) is 11.6. The van der Waals surface area contributed by atoms with Crippen molar-refractivity contribution in [2.45, 2.75) is 0 Å². The molecule has 0 bridgehead atoms. The molecule has 0 N–H and O–H groups in total. The molecule has 0 aliphatic carbocycles. The maximum absolute atomic E-state index is 6.60. The summed E-state index contributed by atoms with van der Waals surface area (Å²) in [5.41, 5.74) is 12.0. The Morgan fingerprint density at radius 3 is 1.62 bits per heavy atom. The third kappa shape index (κ3) is 5.34. The van der Waals surface area contributed by atoms with Gasteiger partial charge in [-0.2, -0.15) is 0 Å². The molecule has 56 heavy (non-hydrogen) atoms. The van der Waals surface area contributed by atoms with Gasteiger partial charge in [0, 0.05) is 27.7 Å². The third-order valence-corrected chi connectivity index (χ3v) is 11.2. The topological polar surface area (TPSA) is 16.4 Å². The summed E-state index contributed by atoms with van der Waals surface area (Å²) in [5, 5.41) is 9.58. The Balaban J connectivity index is 1.18. The molecule has 0 unspecified atom stereocenters. The van der Waals surface area contributed by atoms with Crippen molar-refractivity contribution in [2.75, 3.05) is 4.90 Å². The molecule has 1 heterocycles. The Kier molecular flexibility index (Phi) is 7.53. The van der Waals surface area contributed by atoms with Crippen molar-refractivity contribution < 1.29 is 4.42 Å². The number of hydrogen-bond donors (Lipinski definition) is 0. The lowest BCUT2D eigenvalue weighted by molar-refractivity contribution is 0.669. The summed E-state index contributed by atoms with van der Waals surface area (Å²) in [6.45, 7) is 0. The molecule has 2 heteroatoms. The molecular weight excluding hydrogens is 679 g/mol. The fraction of sp³-hybridized carbons (Fsp3) is 0. The van der Waals surface area contributed by atoms with Gasteiger partial charge in [-0.25, -0.2) is 0 Å². The number of nitrogens with zero attached hydrogens (tertiary/aromatic N) is 1. The molecule has 0 saturated heterocycles. The van der Waals surface area contributed by atoms with E-state index in [-0.39, 0.29) is 0 Å². The smallest absolute Gasteiger partial charge is 0.136 e. The van der Waals surface area contributed by atoms with Crippen LogP contribution in [-0.4, -0.2) is 0 Å². The second-order valence-corrected chi connectivity index (χ2v) is 14.5. The van der Waals surface area contributed by atoms with Crippen LogP contribution in [0.25, 0.3) is 87.6 Å². The second kappa shape index (κ2) is 13.2. The first-order valence-corrected chi connectivity index (χ1v) is 19.2. The number of benzene rings is 10. The van der Waals surface area contributed by atoms with Crippen LogP contribution in [-0.2, 0) is 0 Å². The highest BCUT2D eigenvalue weighted by Gasteiger charge is 2.24. The number of para-hydroxylation sites is 1. The van der Waals surface area contributed by atoms with Crippen molar-refractivity contribution in [3.05, 3.63) is 212 Å². The van der Waals surface area contributed by atoms with Crippen LogP contribution in [0.2, 0.25) is 0 Å². The highest BCUT2D eigenvalue weighted by molar-refractivity contribution is 6.22. The molecule has 0 amide bonds. The van der Waals surface area contributed by atoms with Crippen LogP contribution in [0.15, 0.2) is 217 Å². The Hall–Kier alpha value is -7.42. The van der Waals surface area contributed by atoms with E-state index in [1.807, 2.05) is 0 Å². The van der Waals surface area contributed by atoms with E-state index in [4.69, 9.17) is 4.42 Å². The molecule has 11 aromatic rings. The lowest BCUT2D eigenvalue weighted by Crippen LogP contribution is -2.11. The average molecular weight is 714 g/mol. The van der Waals surface area contributed by atoms with Gasteiger partial charge in [-0.15, -0.1) is 0 Å². The number of fused-ring (bicyclic) bond motifs is 7. The minimum Gasteiger partial charge on any atom is -0.456 e. The maximum Gasteiger partial charge on any atom is 0.136 e. The van der Waals surface area contributed by atoms with Gasteiger partial charge in [0.25, 0.3) is 0 Å². The van der Waals surface area contributed by atoms with Gasteiger partial charge in [0.2, 0.25) is 0 Å². The van der Waals surface area contributed by atoms with E-state index in [1.165, 1.54) is 60.1 Å². The summed E-state index contributed by atoms with van der Waals surface area (Å²) < 4.78 is 6.60. The van der Waals surface area contributed by atoms with E-state index in [9.17, 15) is 0 Å². The molecule has 0 atom stereocenters. The molecular formula is C54H35NO. The molecule has 0 aliphatic heterocycles. The Morgan fingerprint density at radius 2 is 0.875 bits per heavy atom. The Morgan fingerprint density at radius 1 is 0.321 bits per heavy atom. The Labute approximate surface area is 325 Å². The van der Waals surface area contributed by atoms with Gasteiger partial charge in [-0.05, 0) is 115 Å². The van der Waals surface area contributed by atoms with Crippen LogP contribution in [0.5, 0.6) is 0 Å². The van der Waals surface area contributed by atoms with Crippen LogP contribution in [0, 0.1) is 0 Å². The SMILES string of the molecule is c1ccc(-c2ccc(N(c3ccc(-c4ccc5ccccc5c4)cc3)c3ccc4oc5ccccc5c4c3-c3cc4ccccc4c4ccccc34)cc2)cc1. The van der Waals surface area contributed by atoms with Gasteiger partial charge < -0.3 is 9.32 Å². The first-order valence-electron chi connectivity index (χ1n) is 19.2. The zero-order valence-corrected chi connectivity index (χ0v) is 30.6. The van der Waals surface area contributed by atoms with Crippen LogP contribution in [0.1, 0.15) is 0 Å². The van der Waals surface area contributed by atoms with Gasteiger partial charge in [0.15, 0.2) is 0 Å². The molecule has 1 aromatic heterocycles. The van der Waals surface area contributed by atoms with Crippen LogP contribution in [0.4, 0.5) is 17.1 Å². The standard InChI is InChI=1S/C54H35NO/c1-2-12-36(13-3-1)38-24-28-43(29-25-38)55(44-30-26-39(27-31-44)41-23-22-37-14-4-5-15-40(37)34-41)50-32-33-52-54(48-20-10-11-21-51(48)56-52)53(50)49-35-42-16-6-7-17-45(42)46-18-8-9-19-47(46)49/h1-35H. The predicted molar refractivity (Wildman–Crippen MR) is 237 cm³/mol. The molecule has 10 aromatic carbocycles. The molecule has 0 spiro atoms. The highest BCUT2D eigenvalue weighted by atomic mass is 16.3. The molecule has 11 rings (SSSR count). The Bertz CT molecular complexity index is 3230. The number of furan rings is 1. The summed E-state index contributed by atoms with van der Waals surface area (Å²) in [6.07, 6.45) is 0. The average Bonchev–Trinajstić information content (AvgIpc) is 3.66. The van der Waals surface area contributed by atoms with Gasteiger partial charge >= 0.3 is 0 Å². The summed E-state index contributed by atoms with van der Waals surface area (Å²) in [6, 6.07) is 76.5. The predicted octanol–water partition coefficient (Wildman–Crippen LogP) is 15.5. The minimum atomic E-state index is 0.869. The largest absolute Gasteiger partial charge is 0.456 e. The zero-order chi connectivity index (χ0) is 37.0. The zero-order valence-electron chi connectivity index (χ0n) is 30.6. The van der Waals surface area contributed by atoms with Gasteiger partial charge in [0.05, 0.1) is 5.69 Å².